The van der Waals surface area contributed by atoms with Crippen LogP contribution in [0.15, 0.2) is 12.2 Å². The summed E-state index contributed by atoms with van der Waals surface area (Å²) in [6.07, 6.45) is 9.21. The highest BCUT2D eigenvalue weighted by atomic mass is 15.0. The average molecular weight is 238 g/mol. The summed E-state index contributed by atoms with van der Waals surface area (Å²) in [6, 6.07) is 0. The first kappa shape index (κ1) is 14.7. The summed E-state index contributed by atoms with van der Waals surface area (Å²) in [6.45, 7) is 11.0. The van der Waals surface area contributed by atoms with Gasteiger partial charge < -0.3 is 11.1 Å². The molecule has 1 aliphatic carbocycles. The molecule has 0 spiro atoms. The predicted octanol–water partition coefficient (Wildman–Crippen LogP) is 3.09. The van der Waals surface area contributed by atoms with Gasteiger partial charge in [0.25, 0.3) is 0 Å². The lowest BCUT2D eigenvalue weighted by Crippen LogP contribution is -2.59. The van der Waals surface area contributed by atoms with E-state index in [-0.39, 0.29) is 5.54 Å². The number of hydrogen-bond donors (Lipinski definition) is 2. The number of rotatable bonds is 5. The van der Waals surface area contributed by atoms with Gasteiger partial charge in [-0.25, -0.2) is 0 Å². The van der Waals surface area contributed by atoms with Crippen molar-refractivity contribution in [1.29, 1.82) is 0 Å². The quantitative estimate of drug-likeness (QED) is 0.570. The van der Waals surface area contributed by atoms with Crippen LogP contribution in [-0.4, -0.2) is 18.6 Å². The van der Waals surface area contributed by atoms with Gasteiger partial charge in [0.15, 0.2) is 0 Å². The highest BCUT2D eigenvalue weighted by Gasteiger charge is 2.42. The fourth-order valence-corrected chi connectivity index (χ4v) is 3.14. The van der Waals surface area contributed by atoms with Crippen molar-refractivity contribution in [2.24, 2.45) is 17.1 Å². The Morgan fingerprint density at radius 3 is 2.59 bits per heavy atom. The zero-order chi connectivity index (χ0) is 12.9. The van der Waals surface area contributed by atoms with Crippen LogP contribution in [0.1, 0.15) is 53.4 Å². The van der Waals surface area contributed by atoms with Gasteiger partial charge in [-0.15, -0.1) is 0 Å². The molecule has 0 aromatic rings. The van der Waals surface area contributed by atoms with E-state index in [0.29, 0.717) is 11.3 Å². The molecule has 0 saturated heterocycles. The lowest BCUT2D eigenvalue weighted by molar-refractivity contribution is 0.0796. The van der Waals surface area contributed by atoms with E-state index in [1.54, 1.807) is 0 Å². The summed E-state index contributed by atoms with van der Waals surface area (Å²) in [5, 5.41) is 3.73. The van der Waals surface area contributed by atoms with Crippen molar-refractivity contribution in [1.82, 2.24) is 5.32 Å². The molecule has 1 saturated carbocycles. The van der Waals surface area contributed by atoms with Gasteiger partial charge in [-0.1, -0.05) is 32.9 Å². The molecule has 0 aromatic carbocycles. The molecule has 2 unspecified atom stereocenters. The Kier molecular flexibility index (Phi) is 5.21. The maximum Gasteiger partial charge on any atom is 0.0330 e. The van der Waals surface area contributed by atoms with E-state index in [1.807, 2.05) is 0 Å². The topological polar surface area (TPSA) is 38.0 Å². The summed E-state index contributed by atoms with van der Waals surface area (Å²) in [4.78, 5) is 0. The van der Waals surface area contributed by atoms with E-state index in [2.05, 4.69) is 45.2 Å². The molecule has 2 nitrogen and oxygen atoms in total. The van der Waals surface area contributed by atoms with Crippen molar-refractivity contribution in [3.63, 3.8) is 0 Å². The van der Waals surface area contributed by atoms with E-state index in [0.717, 1.165) is 19.5 Å². The van der Waals surface area contributed by atoms with E-state index >= 15 is 0 Å². The fraction of sp³-hybridized carbons (Fsp3) is 0.867. The molecule has 1 aliphatic rings. The van der Waals surface area contributed by atoms with Crippen LogP contribution in [0.25, 0.3) is 0 Å². The molecule has 100 valence electrons. The minimum Gasteiger partial charge on any atom is -0.329 e. The standard InChI is InChI=1S/C15H30N2/c1-5-6-7-10-17-15(12-16)9-8-14(3,4)11-13(15)2/h5-6,13,17H,7-12,16H2,1-4H3/b6-5+. The van der Waals surface area contributed by atoms with E-state index in [1.165, 1.54) is 19.3 Å². The lowest BCUT2D eigenvalue weighted by atomic mass is 9.64. The average Bonchev–Trinajstić information content (AvgIpc) is 2.27. The Balaban J connectivity index is 2.56. The Hall–Kier alpha value is -0.340. The second-order valence-corrected chi connectivity index (χ2v) is 6.41. The highest BCUT2D eigenvalue weighted by Crippen LogP contribution is 2.43. The predicted molar refractivity (Wildman–Crippen MR) is 76.0 cm³/mol. The zero-order valence-electron chi connectivity index (χ0n) is 12.1. The molecule has 0 bridgehead atoms. The first-order valence-electron chi connectivity index (χ1n) is 7.02. The molecule has 2 atom stereocenters. The van der Waals surface area contributed by atoms with Crippen molar-refractivity contribution in [3.05, 3.63) is 12.2 Å². The van der Waals surface area contributed by atoms with Crippen LogP contribution >= 0.6 is 0 Å². The third-order valence-electron chi connectivity index (χ3n) is 4.44. The molecular weight excluding hydrogens is 208 g/mol. The second-order valence-electron chi connectivity index (χ2n) is 6.41. The number of hydrogen-bond acceptors (Lipinski definition) is 2. The normalized spacial score (nSPS) is 33.1. The number of nitrogens with one attached hydrogen (secondary N) is 1. The Labute approximate surface area is 107 Å². The largest absolute Gasteiger partial charge is 0.329 e. The minimum absolute atomic E-state index is 0.178. The fourth-order valence-electron chi connectivity index (χ4n) is 3.14. The van der Waals surface area contributed by atoms with Crippen LogP contribution in [-0.2, 0) is 0 Å². The van der Waals surface area contributed by atoms with Crippen LogP contribution < -0.4 is 11.1 Å². The van der Waals surface area contributed by atoms with Crippen molar-refractivity contribution < 1.29 is 0 Å². The molecule has 0 radical (unpaired) electrons. The molecule has 0 heterocycles. The minimum atomic E-state index is 0.178. The van der Waals surface area contributed by atoms with Gasteiger partial charge in [0.2, 0.25) is 0 Å². The molecule has 2 heteroatoms. The van der Waals surface area contributed by atoms with Gasteiger partial charge in [-0.3, -0.25) is 0 Å². The monoisotopic (exact) mass is 238 g/mol. The number of nitrogens with two attached hydrogens (primary N) is 1. The Morgan fingerprint density at radius 2 is 2.06 bits per heavy atom. The highest BCUT2D eigenvalue weighted by molar-refractivity contribution is 5.00. The van der Waals surface area contributed by atoms with E-state index in [9.17, 15) is 0 Å². The summed E-state index contributed by atoms with van der Waals surface area (Å²) in [5.41, 5.74) is 6.72. The third kappa shape index (κ3) is 3.82. The van der Waals surface area contributed by atoms with Crippen molar-refractivity contribution in [2.45, 2.75) is 58.9 Å². The van der Waals surface area contributed by atoms with Crippen LogP contribution in [0.4, 0.5) is 0 Å². The first-order valence-corrected chi connectivity index (χ1v) is 7.02. The van der Waals surface area contributed by atoms with Gasteiger partial charge in [-0.2, -0.15) is 0 Å². The van der Waals surface area contributed by atoms with E-state index < -0.39 is 0 Å². The van der Waals surface area contributed by atoms with Gasteiger partial charge in [0.05, 0.1) is 0 Å². The SMILES string of the molecule is C/C=C/CCNC1(CN)CCC(C)(C)CC1C. The van der Waals surface area contributed by atoms with Crippen LogP contribution in [0, 0.1) is 11.3 Å². The first-order chi connectivity index (χ1) is 7.96. The summed E-state index contributed by atoms with van der Waals surface area (Å²) in [5.74, 6) is 0.668. The van der Waals surface area contributed by atoms with Crippen LogP contribution in [0.5, 0.6) is 0 Å². The molecule has 17 heavy (non-hydrogen) atoms. The Morgan fingerprint density at radius 1 is 1.35 bits per heavy atom. The zero-order valence-corrected chi connectivity index (χ0v) is 12.1. The third-order valence-corrected chi connectivity index (χ3v) is 4.44. The molecule has 0 aromatic heterocycles. The smallest absolute Gasteiger partial charge is 0.0330 e. The van der Waals surface area contributed by atoms with Crippen molar-refractivity contribution in [3.8, 4) is 0 Å². The van der Waals surface area contributed by atoms with Gasteiger partial charge in [0, 0.05) is 12.1 Å². The molecule has 1 rings (SSSR count). The van der Waals surface area contributed by atoms with Gasteiger partial charge in [0.1, 0.15) is 0 Å². The maximum absolute atomic E-state index is 6.05. The summed E-state index contributed by atoms with van der Waals surface area (Å²) < 4.78 is 0. The molecule has 0 amide bonds. The lowest BCUT2D eigenvalue weighted by Gasteiger charge is -2.48. The van der Waals surface area contributed by atoms with Crippen LogP contribution in [0.2, 0.25) is 0 Å². The van der Waals surface area contributed by atoms with Gasteiger partial charge in [-0.05, 0) is 50.5 Å². The molecular formula is C15H30N2. The number of allylic oxidation sites excluding steroid dienone is 1. The molecule has 0 aliphatic heterocycles. The second kappa shape index (κ2) is 6.01. The molecule has 1 fully saturated rings. The van der Waals surface area contributed by atoms with Crippen LogP contribution in [0.3, 0.4) is 0 Å². The molecule has 3 N–H and O–H groups in total. The van der Waals surface area contributed by atoms with Crippen molar-refractivity contribution >= 4 is 0 Å². The van der Waals surface area contributed by atoms with Crippen molar-refractivity contribution in [2.75, 3.05) is 13.1 Å². The summed E-state index contributed by atoms with van der Waals surface area (Å²) >= 11 is 0. The maximum atomic E-state index is 6.05. The van der Waals surface area contributed by atoms with E-state index in [4.69, 9.17) is 5.73 Å². The van der Waals surface area contributed by atoms with Gasteiger partial charge >= 0.3 is 0 Å². The summed E-state index contributed by atoms with van der Waals surface area (Å²) in [7, 11) is 0. The Bertz CT molecular complexity index is 258.